The van der Waals surface area contributed by atoms with Crippen molar-refractivity contribution in [1.82, 2.24) is 5.32 Å². The van der Waals surface area contributed by atoms with Crippen LogP contribution in [0.3, 0.4) is 0 Å². The van der Waals surface area contributed by atoms with Gasteiger partial charge in [-0.2, -0.15) is 0 Å². The van der Waals surface area contributed by atoms with E-state index in [-0.39, 0.29) is 5.82 Å². The number of hydrogen-bond donors (Lipinski definition) is 3. The molecular formula is C20H24FN3O. The maximum absolute atomic E-state index is 13.7. The smallest absolute Gasteiger partial charge is 0.211 e. The van der Waals surface area contributed by atoms with Crippen LogP contribution < -0.4 is 16.4 Å². The molecule has 4 N–H and O–H groups in total. The van der Waals surface area contributed by atoms with Gasteiger partial charge in [0.25, 0.3) is 0 Å². The van der Waals surface area contributed by atoms with Crippen LogP contribution in [-0.2, 0) is 11.3 Å². The average molecular weight is 341 g/mol. The first-order valence-electron chi connectivity index (χ1n) is 8.29. The molecule has 4 nitrogen and oxygen atoms in total. The third-order valence-corrected chi connectivity index (χ3v) is 3.96. The highest BCUT2D eigenvalue weighted by atomic mass is 19.1. The molecule has 0 bridgehead atoms. The van der Waals surface area contributed by atoms with Crippen molar-refractivity contribution < 1.29 is 9.18 Å². The molecule has 1 amide bonds. The minimum atomic E-state index is -0.292. The van der Waals surface area contributed by atoms with Gasteiger partial charge in [-0.25, -0.2) is 4.39 Å². The molecule has 0 unspecified atom stereocenters. The van der Waals surface area contributed by atoms with Crippen molar-refractivity contribution in [2.75, 3.05) is 18.4 Å². The molecule has 0 spiro atoms. The van der Waals surface area contributed by atoms with Crippen LogP contribution in [0.5, 0.6) is 0 Å². The van der Waals surface area contributed by atoms with Gasteiger partial charge >= 0.3 is 0 Å². The van der Waals surface area contributed by atoms with E-state index >= 15 is 0 Å². The topological polar surface area (TPSA) is 67.2 Å². The second-order valence-corrected chi connectivity index (χ2v) is 5.83. The molecule has 5 heteroatoms. The third-order valence-electron chi connectivity index (χ3n) is 3.96. The lowest BCUT2D eigenvalue weighted by molar-refractivity contribution is -0.105. The highest BCUT2D eigenvalue weighted by molar-refractivity contribution is 5.74. The Kier molecular flexibility index (Phi) is 7.32. The number of halogens is 1. The Labute approximate surface area is 147 Å². The highest BCUT2D eigenvalue weighted by Gasteiger charge is 2.10. The van der Waals surface area contributed by atoms with Crippen molar-refractivity contribution in [3.63, 3.8) is 0 Å². The van der Waals surface area contributed by atoms with Crippen molar-refractivity contribution >= 4 is 17.7 Å². The van der Waals surface area contributed by atoms with Crippen LogP contribution in [0.15, 0.2) is 48.5 Å². The minimum absolute atomic E-state index is 0.292. The zero-order valence-electron chi connectivity index (χ0n) is 14.4. The van der Waals surface area contributed by atoms with Gasteiger partial charge in [0.15, 0.2) is 0 Å². The summed E-state index contributed by atoms with van der Waals surface area (Å²) >= 11 is 0. The van der Waals surface area contributed by atoms with E-state index in [1.165, 1.54) is 17.2 Å². The summed E-state index contributed by atoms with van der Waals surface area (Å²) in [5, 5.41) is 5.60. The lowest BCUT2D eigenvalue weighted by atomic mass is 9.99. The van der Waals surface area contributed by atoms with Gasteiger partial charge in [-0.1, -0.05) is 35.9 Å². The Morgan fingerprint density at radius 1 is 1.24 bits per heavy atom. The molecule has 0 saturated heterocycles. The number of benzene rings is 2. The fourth-order valence-corrected chi connectivity index (χ4v) is 2.52. The number of hydrogen-bond acceptors (Lipinski definition) is 3. The van der Waals surface area contributed by atoms with Crippen molar-refractivity contribution in [2.45, 2.75) is 19.9 Å². The van der Waals surface area contributed by atoms with Crippen molar-refractivity contribution in [2.24, 2.45) is 5.73 Å². The Bertz CT molecular complexity index is 726. The maximum Gasteiger partial charge on any atom is 0.211 e. The number of carbonyl (C=O) groups excluding carboxylic acids is 1. The molecule has 2 aromatic rings. The first-order chi connectivity index (χ1) is 12.1. The Morgan fingerprint density at radius 2 is 2.00 bits per heavy atom. The fraction of sp³-hybridized carbons (Fsp3) is 0.250. The zero-order valence-corrected chi connectivity index (χ0v) is 14.4. The van der Waals surface area contributed by atoms with Crippen LogP contribution in [0, 0.1) is 12.7 Å². The van der Waals surface area contributed by atoms with Crippen molar-refractivity contribution in [1.29, 1.82) is 0 Å². The van der Waals surface area contributed by atoms with Gasteiger partial charge in [-0.05, 0) is 49.2 Å². The van der Waals surface area contributed by atoms with E-state index in [9.17, 15) is 9.18 Å². The van der Waals surface area contributed by atoms with Crippen molar-refractivity contribution in [3.05, 3.63) is 71.0 Å². The number of nitrogens with two attached hydrogens (primary N) is 1. The molecule has 3 rings (SSSR count). The van der Waals surface area contributed by atoms with Gasteiger partial charge in [-0.3, -0.25) is 4.79 Å². The molecule has 0 fully saturated rings. The second kappa shape index (κ2) is 9.71. The van der Waals surface area contributed by atoms with Crippen LogP contribution in [0.4, 0.5) is 10.1 Å². The summed E-state index contributed by atoms with van der Waals surface area (Å²) in [4.78, 5) is 10.2. The second-order valence-electron chi connectivity index (χ2n) is 5.83. The molecule has 1 heterocycles. The van der Waals surface area contributed by atoms with Gasteiger partial charge < -0.3 is 16.4 Å². The molecule has 0 aliphatic carbocycles. The van der Waals surface area contributed by atoms with Crippen LogP contribution in [0.1, 0.15) is 23.1 Å². The highest BCUT2D eigenvalue weighted by Crippen LogP contribution is 2.24. The molecule has 2 aromatic carbocycles. The average Bonchev–Trinajstić information content (AvgIpc) is 2.64. The first kappa shape index (κ1) is 18.8. The normalized spacial score (nSPS) is 13.3. The predicted molar refractivity (Wildman–Crippen MR) is 101 cm³/mol. The molecule has 0 radical (unpaired) electrons. The lowest BCUT2D eigenvalue weighted by Crippen LogP contribution is -2.20. The molecule has 0 atom stereocenters. The summed E-state index contributed by atoms with van der Waals surface area (Å²) in [5.41, 5.74) is 10.0. The summed E-state index contributed by atoms with van der Waals surface area (Å²) in [5.74, 6) is -0.292. The Hall–Kier alpha value is -2.50. The van der Waals surface area contributed by atoms with Gasteiger partial charge in [0, 0.05) is 24.3 Å². The Morgan fingerprint density at radius 3 is 2.56 bits per heavy atom. The van der Waals surface area contributed by atoms with Crippen LogP contribution >= 0.6 is 0 Å². The minimum Gasteiger partial charge on any atom is -0.329 e. The molecule has 132 valence electrons. The quantitative estimate of drug-likeness (QED) is 0.748. The number of aryl methyl sites for hydroxylation is 1. The molecule has 1 aliphatic rings. The van der Waals surface area contributed by atoms with Crippen LogP contribution in [0.2, 0.25) is 0 Å². The molecule has 0 saturated carbocycles. The number of carbonyl (C=O) groups is 1. The lowest BCUT2D eigenvalue weighted by Gasteiger charge is -2.15. The summed E-state index contributed by atoms with van der Waals surface area (Å²) in [6.07, 6.45) is 3.37. The van der Waals surface area contributed by atoms with Crippen LogP contribution in [-0.4, -0.2) is 19.5 Å². The first-order valence-corrected chi connectivity index (χ1v) is 8.29. The monoisotopic (exact) mass is 341 g/mol. The predicted octanol–water partition coefficient (Wildman–Crippen LogP) is 3.22. The van der Waals surface area contributed by atoms with E-state index in [2.05, 4.69) is 41.8 Å². The van der Waals surface area contributed by atoms with E-state index in [0.717, 1.165) is 25.1 Å². The van der Waals surface area contributed by atoms with E-state index in [1.54, 1.807) is 12.1 Å². The van der Waals surface area contributed by atoms with Gasteiger partial charge in [-0.15, -0.1) is 0 Å². The van der Waals surface area contributed by atoms with Crippen molar-refractivity contribution in [3.8, 4) is 0 Å². The largest absolute Gasteiger partial charge is 0.329 e. The fourth-order valence-electron chi connectivity index (χ4n) is 2.52. The molecule has 1 aliphatic heterocycles. The number of nitrogens with one attached hydrogen (secondary N) is 2. The summed E-state index contributed by atoms with van der Waals surface area (Å²) in [7, 11) is 0. The third kappa shape index (κ3) is 5.81. The summed E-state index contributed by atoms with van der Waals surface area (Å²) < 4.78 is 13.7. The molecule has 25 heavy (non-hydrogen) atoms. The van der Waals surface area contributed by atoms with Gasteiger partial charge in [0.05, 0.1) is 0 Å². The molecular weight excluding hydrogens is 317 g/mol. The summed E-state index contributed by atoms with van der Waals surface area (Å²) in [6, 6.07) is 13.0. The van der Waals surface area contributed by atoms with Crippen LogP contribution in [0.25, 0.3) is 5.57 Å². The molecule has 0 aromatic heterocycles. The van der Waals surface area contributed by atoms with Gasteiger partial charge in [0.1, 0.15) is 5.82 Å². The standard InChI is InChI=1S/C12H13FN2O.C8H11N/c13-12-7-10(15-8-16)1-2-11(12)9-3-5-14-6-4-9;1-7-2-4-8(6-9)5-3-7/h1-3,7-8,14H,4-6H2,(H,15,16);2-5H,6,9H2,1H3. The summed E-state index contributed by atoms with van der Waals surface area (Å²) in [6.45, 7) is 4.36. The van der Waals surface area contributed by atoms with E-state index in [0.29, 0.717) is 24.2 Å². The number of amides is 1. The van der Waals surface area contributed by atoms with E-state index < -0.39 is 0 Å². The SMILES string of the molecule is Cc1ccc(CN)cc1.O=CNc1ccc(C2=CCNCC2)c(F)c1. The maximum atomic E-state index is 13.7. The number of rotatable bonds is 4. The van der Waals surface area contributed by atoms with Gasteiger partial charge in [0.2, 0.25) is 6.41 Å². The van der Waals surface area contributed by atoms with E-state index in [4.69, 9.17) is 5.73 Å². The number of anilines is 1. The van der Waals surface area contributed by atoms with E-state index in [1.807, 2.05) is 6.08 Å². The Balaban J connectivity index is 0.000000212. The zero-order chi connectivity index (χ0) is 18.1.